The number of hydrogen-bond acceptors (Lipinski definition) is 6. The largest absolute Gasteiger partial charge is 0.381 e. The highest BCUT2D eigenvalue weighted by molar-refractivity contribution is 5.42. The first-order valence-electron chi connectivity index (χ1n) is 7.50. The number of aromatic nitrogens is 3. The first-order chi connectivity index (χ1) is 10.6. The van der Waals surface area contributed by atoms with E-state index in [1.54, 1.807) is 0 Å². The lowest BCUT2D eigenvalue weighted by Crippen LogP contribution is -2.09. The van der Waals surface area contributed by atoms with Crippen LogP contribution < -0.4 is 11.1 Å². The molecule has 116 valence electrons. The Hall–Kier alpha value is -2.21. The van der Waals surface area contributed by atoms with Crippen LogP contribution in [0.3, 0.4) is 0 Å². The second-order valence-corrected chi connectivity index (χ2v) is 5.70. The van der Waals surface area contributed by atoms with E-state index in [4.69, 9.17) is 10.5 Å². The minimum atomic E-state index is 0.296. The molecule has 2 aromatic heterocycles. The summed E-state index contributed by atoms with van der Waals surface area (Å²) in [4.78, 5) is 13.0. The number of ether oxygens (including phenoxy) is 1. The van der Waals surface area contributed by atoms with E-state index >= 15 is 0 Å². The molecule has 2 aromatic rings. The second-order valence-electron chi connectivity index (χ2n) is 5.70. The van der Waals surface area contributed by atoms with E-state index in [0.717, 1.165) is 35.8 Å². The molecule has 3 rings (SSSR count). The van der Waals surface area contributed by atoms with E-state index in [2.05, 4.69) is 33.3 Å². The van der Waals surface area contributed by atoms with Crippen LogP contribution in [0.4, 0.5) is 11.8 Å². The first kappa shape index (κ1) is 14.7. The third-order valence-electron chi connectivity index (χ3n) is 3.98. The number of rotatable bonds is 4. The lowest BCUT2D eigenvalue weighted by atomic mass is 10.0. The predicted octanol–water partition coefficient (Wildman–Crippen LogP) is 2.19. The van der Waals surface area contributed by atoms with Crippen molar-refractivity contribution in [3.63, 3.8) is 0 Å². The molecule has 0 spiro atoms. The summed E-state index contributed by atoms with van der Waals surface area (Å²) in [6, 6.07) is 4.09. The smallest absolute Gasteiger partial charge is 0.222 e. The number of anilines is 2. The molecule has 0 amide bonds. The van der Waals surface area contributed by atoms with E-state index < -0.39 is 0 Å². The molecule has 0 unspecified atom stereocenters. The van der Waals surface area contributed by atoms with E-state index in [-0.39, 0.29) is 0 Å². The first-order valence-corrected chi connectivity index (χ1v) is 7.50. The van der Waals surface area contributed by atoms with E-state index in [1.165, 1.54) is 5.56 Å². The Morgan fingerprint density at radius 2 is 2.18 bits per heavy atom. The van der Waals surface area contributed by atoms with Gasteiger partial charge >= 0.3 is 0 Å². The van der Waals surface area contributed by atoms with Crippen molar-refractivity contribution in [1.82, 2.24) is 15.0 Å². The van der Waals surface area contributed by atoms with Crippen LogP contribution >= 0.6 is 0 Å². The zero-order valence-corrected chi connectivity index (χ0v) is 13.0. The molecule has 1 fully saturated rings. The summed E-state index contributed by atoms with van der Waals surface area (Å²) < 4.78 is 5.41. The molecule has 22 heavy (non-hydrogen) atoms. The average molecular weight is 299 g/mol. The summed E-state index contributed by atoms with van der Waals surface area (Å²) in [5.41, 5.74) is 10.1. The van der Waals surface area contributed by atoms with Crippen LogP contribution in [0.15, 0.2) is 18.3 Å². The third-order valence-corrected chi connectivity index (χ3v) is 3.98. The van der Waals surface area contributed by atoms with Gasteiger partial charge in [-0.05, 0) is 31.4 Å². The molecule has 1 aliphatic rings. The second kappa shape index (κ2) is 6.27. The monoisotopic (exact) mass is 299 g/mol. The van der Waals surface area contributed by atoms with Gasteiger partial charge in [-0.15, -0.1) is 0 Å². The minimum absolute atomic E-state index is 0.296. The van der Waals surface area contributed by atoms with Crippen LogP contribution in [0.1, 0.15) is 34.9 Å². The van der Waals surface area contributed by atoms with Crippen molar-refractivity contribution in [2.24, 2.45) is 0 Å². The number of pyridine rings is 1. The molecular weight excluding hydrogens is 278 g/mol. The molecule has 0 bridgehead atoms. The Morgan fingerprint density at radius 3 is 2.91 bits per heavy atom. The van der Waals surface area contributed by atoms with Crippen molar-refractivity contribution in [3.05, 3.63) is 40.8 Å². The van der Waals surface area contributed by atoms with Crippen molar-refractivity contribution in [2.75, 3.05) is 24.3 Å². The number of nitrogens with one attached hydrogen (secondary N) is 1. The normalized spacial score (nSPS) is 17.6. The molecule has 1 saturated heterocycles. The van der Waals surface area contributed by atoms with Gasteiger partial charge in [-0.2, -0.15) is 4.98 Å². The van der Waals surface area contributed by atoms with Gasteiger partial charge in [-0.25, -0.2) is 4.98 Å². The fourth-order valence-electron chi connectivity index (χ4n) is 2.54. The molecule has 0 aliphatic carbocycles. The fourth-order valence-corrected chi connectivity index (χ4v) is 2.54. The summed E-state index contributed by atoms with van der Waals surface area (Å²) >= 11 is 0. The third kappa shape index (κ3) is 3.33. The van der Waals surface area contributed by atoms with Crippen LogP contribution in [0.5, 0.6) is 0 Å². The Labute approximate surface area is 130 Å². The lowest BCUT2D eigenvalue weighted by Gasteiger charge is -2.12. The quantitative estimate of drug-likeness (QED) is 0.900. The maximum absolute atomic E-state index is 5.82. The summed E-state index contributed by atoms with van der Waals surface area (Å²) in [6.07, 6.45) is 2.86. The number of nitrogen functional groups attached to an aromatic ring is 1. The van der Waals surface area contributed by atoms with Crippen molar-refractivity contribution >= 4 is 11.8 Å². The number of nitrogens with zero attached hydrogens (tertiary/aromatic N) is 3. The standard InChI is InChI=1S/C16H21N5O/c1-10-5-12(7-18-11(10)2)8-19-15-6-14(20-16(17)21-15)13-3-4-22-9-13/h5-7,13H,3-4,8-9H2,1-2H3,(H3,17,19,20,21)/t13-/m1/s1. The zero-order valence-electron chi connectivity index (χ0n) is 13.0. The highest BCUT2D eigenvalue weighted by atomic mass is 16.5. The maximum atomic E-state index is 5.82. The van der Waals surface area contributed by atoms with Crippen molar-refractivity contribution < 1.29 is 4.74 Å². The summed E-state index contributed by atoms with van der Waals surface area (Å²) in [5.74, 6) is 1.35. The summed E-state index contributed by atoms with van der Waals surface area (Å²) in [6.45, 7) is 6.22. The Bertz CT molecular complexity index is 668. The molecule has 3 heterocycles. The van der Waals surface area contributed by atoms with E-state index in [1.807, 2.05) is 19.2 Å². The topological polar surface area (TPSA) is 86.0 Å². The van der Waals surface area contributed by atoms with Gasteiger partial charge in [0, 0.05) is 37.0 Å². The SMILES string of the molecule is Cc1cc(CNc2cc([C@@H]3CCOC3)nc(N)n2)cnc1C. The molecule has 0 saturated carbocycles. The molecule has 6 nitrogen and oxygen atoms in total. The van der Waals surface area contributed by atoms with Crippen LogP contribution in [0.2, 0.25) is 0 Å². The highest BCUT2D eigenvalue weighted by Gasteiger charge is 2.20. The average Bonchev–Trinajstić information content (AvgIpc) is 3.02. The summed E-state index contributed by atoms with van der Waals surface area (Å²) in [7, 11) is 0. The van der Waals surface area contributed by atoms with Crippen molar-refractivity contribution in [3.8, 4) is 0 Å². The number of nitrogens with two attached hydrogens (primary N) is 1. The van der Waals surface area contributed by atoms with Crippen molar-refractivity contribution in [2.45, 2.75) is 32.7 Å². The summed E-state index contributed by atoms with van der Waals surface area (Å²) in [5, 5.41) is 3.30. The zero-order chi connectivity index (χ0) is 15.5. The molecule has 6 heteroatoms. The van der Waals surface area contributed by atoms with Gasteiger partial charge in [-0.3, -0.25) is 4.98 Å². The molecular formula is C16H21N5O. The molecule has 0 radical (unpaired) electrons. The van der Waals surface area contributed by atoms with Gasteiger partial charge in [0.15, 0.2) is 0 Å². The fraction of sp³-hybridized carbons (Fsp3) is 0.438. The Morgan fingerprint density at radius 1 is 1.32 bits per heavy atom. The van der Waals surface area contributed by atoms with Crippen LogP contribution in [0.25, 0.3) is 0 Å². The molecule has 1 aliphatic heterocycles. The minimum Gasteiger partial charge on any atom is -0.381 e. The number of hydrogen-bond donors (Lipinski definition) is 2. The van der Waals surface area contributed by atoms with Crippen LogP contribution in [-0.4, -0.2) is 28.2 Å². The number of aryl methyl sites for hydroxylation is 2. The molecule has 1 atom stereocenters. The van der Waals surface area contributed by atoms with Gasteiger partial charge in [-0.1, -0.05) is 6.07 Å². The van der Waals surface area contributed by atoms with Crippen LogP contribution in [-0.2, 0) is 11.3 Å². The van der Waals surface area contributed by atoms with E-state index in [0.29, 0.717) is 25.0 Å². The van der Waals surface area contributed by atoms with Crippen LogP contribution in [0, 0.1) is 13.8 Å². The van der Waals surface area contributed by atoms with E-state index in [9.17, 15) is 0 Å². The molecule has 0 aromatic carbocycles. The van der Waals surface area contributed by atoms with Gasteiger partial charge in [0.1, 0.15) is 5.82 Å². The molecule has 3 N–H and O–H groups in total. The highest BCUT2D eigenvalue weighted by Crippen LogP contribution is 2.25. The van der Waals surface area contributed by atoms with Gasteiger partial charge in [0.25, 0.3) is 0 Å². The van der Waals surface area contributed by atoms with Gasteiger partial charge < -0.3 is 15.8 Å². The predicted molar refractivity (Wildman–Crippen MR) is 85.7 cm³/mol. The van der Waals surface area contributed by atoms with Gasteiger partial charge in [0.05, 0.1) is 12.3 Å². The van der Waals surface area contributed by atoms with Gasteiger partial charge in [0.2, 0.25) is 5.95 Å². The Kier molecular flexibility index (Phi) is 4.20. The Balaban J connectivity index is 1.72. The van der Waals surface area contributed by atoms with Crippen molar-refractivity contribution in [1.29, 1.82) is 0 Å². The maximum Gasteiger partial charge on any atom is 0.222 e. The lowest BCUT2D eigenvalue weighted by molar-refractivity contribution is 0.193.